The third kappa shape index (κ3) is 7.62. The summed E-state index contributed by atoms with van der Waals surface area (Å²) in [6.07, 6.45) is 0. The van der Waals surface area contributed by atoms with Gasteiger partial charge in [0.1, 0.15) is 0 Å². The van der Waals surface area contributed by atoms with E-state index in [2.05, 4.69) is 34.3 Å². The Bertz CT molecular complexity index is 439. The molecule has 140 valence electrons. The third-order valence-electron chi connectivity index (χ3n) is 3.90. The molecule has 2 N–H and O–H groups in total. The Labute approximate surface area is 147 Å². The molecular formula is C18H36N4O2. The van der Waals surface area contributed by atoms with Crippen molar-refractivity contribution in [2.45, 2.75) is 78.6 Å². The lowest BCUT2D eigenvalue weighted by molar-refractivity contribution is -0.128. The summed E-state index contributed by atoms with van der Waals surface area (Å²) in [6.45, 7) is 18.6. The molecule has 1 aliphatic rings. The molecular weight excluding hydrogens is 304 g/mol. The molecule has 1 heterocycles. The summed E-state index contributed by atoms with van der Waals surface area (Å²) < 4.78 is 0. The number of nitrogens with zero attached hydrogens (tertiary/aromatic N) is 2. The van der Waals surface area contributed by atoms with Crippen LogP contribution in [-0.4, -0.2) is 71.0 Å². The maximum absolute atomic E-state index is 12.2. The van der Waals surface area contributed by atoms with E-state index in [1.54, 1.807) is 0 Å². The Morgan fingerprint density at radius 1 is 0.833 bits per heavy atom. The molecule has 0 aromatic heterocycles. The first kappa shape index (κ1) is 20.9. The highest BCUT2D eigenvalue weighted by molar-refractivity contribution is 5.79. The molecule has 0 bridgehead atoms. The van der Waals surface area contributed by atoms with Crippen molar-refractivity contribution in [2.24, 2.45) is 0 Å². The van der Waals surface area contributed by atoms with Gasteiger partial charge < -0.3 is 10.6 Å². The molecule has 6 nitrogen and oxygen atoms in total. The lowest BCUT2D eigenvalue weighted by Crippen LogP contribution is -2.60. The lowest BCUT2D eigenvalue weighted by Gasteiger charge is -2.44. The van der Waals surface area contributed by atoms with Crippen molar-refractivity contribution in [3.05, 3.63) is 0 Å². The number of carbonyl (C=O) groups is 2. The highest BCUT2D eigenvalue weighted by atomic mass is 16.2. The van der Waals surface area contributed by atoms with Crippen LogP contribution in [0, 0.1) is 0 Å². The molecule has 1 aliphatic heterocycles. The zero-order valence-electron chi connectivity index (χ0n) is 16.7. The molecule has 0 aliphatic carbocycles. The Hall–Kier alpha value is -1.14. The predicted molar refractivity (Wildman–Crippen MR) is 97.9 cm³/mol. The van der Waals surface area contributed by atoms with Crippen molar-refractivity contribution < 1.29 is 9.59 Å². The van der Waals surface area contributed by atoms with Crippen molar-refractivity contribution in [1.29, 1.82) is 0 Å². The average Bonchev–Trinajstić information content (AvgIpc) is 2.28. The Kier molecular flexibility index (Phi) is 6.82. The summed E-state index contributed by atoms with van der Waals surface area (Å²) in [5.74, 6) is 0.112. The molecule has 2 unspecified atom stereocenters. The van der Waals surface area contributed by atoms with Gasteiger partial charge in [-0.3, -0.25) is 19.4 Å². The second kappa shape index (κ2) is 7.83. The van der Waals surface area contributed by atoms with Crippen LogP contribution in [0.25, 0.3) is 0 Å². The monoisotopic (exact) mass is 340 g/mol. The van der Waals surface area contributed by atoms with Crippen molar-refractivity contribution in [3.63, 3.8) is 0 Å². The molecule has 2 amide bonds. The van der Waals surface area contributed by atoms with Gasteiger partial charge in [-0.25, -0.2) is 0 Å². The zero-order chi connectivity index (χ0) is 18.7. The number of nitrogens with one attached hydrogen (secondary N) is 2. The fraction of sp³-hybridized carbons (Fsp3) is 0.889. The molecule has 24 heavy (non-hydrogen) atoms. The normalized spacial score (nSPS) is 23.8. The first-order chi connectivity index (χ1) is 10.8. The second-order valence-electron chi connectivity index (χ2n) is 9.16. The highest BCUT2D eigenvalue weighted by Gasteiger charge is 2.32. The van der Waals surface area contributed by atoms with Gasteiger partial charge in [-0.1, -0.05) is 0 Å². The van der Waals surface area contributed by atoms with Gasteiger partial charge in [0.15, 0.2) is 0 Å². The zero-order valence-corrected chi connectivity index (χ0v) is 16.7. The number of piperazine rings is 1. The predicted octanol–water partition coefficient (Wildman–Crippen LogP) is 1.21. The van der Waals surface area contributed by atoms with Crippen molar-refractivity contribution in [2.75, 3.05) is 26.2 Å². The first-order valence-corrected chi connectivity index (χ1v) is 8.87. The number of hydrogen-bond acceptors (Lipinski definition) is 4. The SMILES string of the molecule is CC1CN(CC(=O)NC(C)(C)C)CC(C)N1CC(=O)NC(C)(C)C. The Morgan fingerprint density at radius 2 is 1.21 bits per heavy atom. The number of rotatable bonds is 4. The van der Waals surface area contributed by atoms with E-state index in [1.807, 2.05) is 41.5 Å². The topological polar surface area (TPSA) is 64.7 Å². The van der Waals surface area contributed by atoms with Crippen LogP contribution in [0.15, 0.2) is 0 Å². The van der Waals surface area contributed by atoms with E-state index >= 15 is 0 Å². The van der Waals surface area contributed by atoms with Crippen molar-refractivity contribution >= 4 is 11.8 Å². The molecule has 0 spiro atoms. The van der Waals surface area contributed by atoms with Crippen LogP contribution in [0.5, 0.6) is 0 Å². The minimum atomic E-state index is -0.212. The molecule has 0 aromatic carbocycles. The van der Waals surface area contributed by atoms with Gasteiger partial charge in [0.2, 0.25) is 11.8 Å². The number of hydrogen-bond donors (Lipinski definition) is 2. The molecule has 1 fully saturated rings. The van der Waals surface area contributed by atoms with Crippen LogP contribution < -0.4 is 10.6 Å². The average molecular weight is 341 g/mol. The molecule has 2 atom stereocenters. The fourth-order valence-corrected chi connectivity index (χ4v) is 3.19. The molecule has 1 saturated heterocycles. The van der Waals surface area contributed by atoms with Gasteiger partial charge in [0, 0.05) is 36.3 Å². The van der Waals surface area contributed by atoms with Gasteiger partial charge >= 0.3 is 0 Å². The Balaban J connectivity index is 2.55. The van der Waals surface area contributed by atoms with Crippen LogP contribution in [0.4, 0.5) is 0 Å². The van der Waals surface area contributed by atoms with Crippen LogP contribution >= 0.6 is 0 Å². The van der Waals surface area contributed by atoms with E-state index in [4.69, 9.17) is 0 Å². The van der Waals surface area contributed by atoms with Gasteiger partial charge in [-0.2, -0.15) is 0 Å². The maximum atomic E-state index is 12.2. The smallest absolute Gasteiger partial charge is 0.234 e. The summed E-state index contributed by atoms with van der Waals surface area (Å²) in [4.78, 5) is 28.7. The summed E-state index contributed by atoms with van der Waals surface area (Å²) in [5, 5.41) is 6.03. The van der Waals surface area contributed by atoms with Crippen LogP contribution in [-0.2, 0) is 9.59 Å². The van der Waals surface area contributed by atoms with Crippen molar-refractivity contribution in [1.82, 2.24) is 20.4 Å². The first-order valence-electron chi connectivity index (χ1n) is 8.87. The van der Waals surface area contributed by atoms with E-state index in [0.717, 1.165) is 13.1 Å². The molecule has 1 rings (SSSR count). The van der Waals surface area contributed by atoms with Crippen LogP contribution in [0.2, 0.25) is 0 Å². The fourth-order valence-electron chi connectivity index (χ4n) is 3.19. The van der Waals surface area contributed by atoms with E-state index < -0.39 is 0 Å². The second-order valence-corrected chi connectivity index (χ2v) is 9.16. The number of carbonyl (C=O) groups excluding carboxylic acids is 2. The number of amides is 2. The van der Waals surface area contributed by atoms with Crippen molar-refractivity contribution in [3.8, 4) is 0 Å². The standard InChI is InChI=1S/C18H36N4O2/c1-13-9-21(11-15(23)19-17(3,4)5)10-14(2)22(13)12-16(24)20-18(6,7)8/h13-14H,9-12H2,1-8H3,(H,19,23)(H,20,24). The van der Waals surface area contributed by atoms with Gasteiger partial charge in [0.05, 0.1) is 13.1 Å². The van der Waals surface area contributed by atoms with Crippen LogP contribution in [0.3, 0.4) is 0 Å². The summed E-state index contributed by atoms with van der Waals surface area (Å²) >= 11 is 0. The molecule has 0 saturated carbocycles. The summed E-state index contributed by atoms with van der Waals surface area (Å²) in [7, 11) is 0. The molecule has 6 heteroatoms. The summed E-state index contributed by atoms with van der Waals surface area (Å²) in [6, 6.07) is 0.476. The highest BCUT2D eigenvalue weighted by Crippen LogP contribution is 2.15. The molecule has 0 aromatic rings. The van der Waals surface area contributed by atoms with Crippen LogP contribution in [0.1, 0.15) is 55.4 Å². The Morgan fingerprint density at radius 3 is 1.58 bits per heavy atom. The maximum Gasteiger partial charge on any atom is 0.234 e. The minimum absolute atomic E-state index is 0.0557. The quantitative estimate of drug-likeness (QED) is 0.807. The van der Waals surface area contributed by atoms with Gasteiger partial charge in [0.25, 0.3) is 0 Å². The minimum Gasteiger partial charge on any atom is -0.350 e. The lowest BCUT2D eigenvalue weighted by atomic mass is 10.1. The van der Waals surface area contributed by atoms with E-state index in [0.29, 0.717) is 13.1 Å². The van der Waals surface area contributed by atoms with E-state index in [-0.39, 0.29) is 35.0 Å². The van der Waals surface area contributed by atoms with E-state index in [1.165, 1.54) is 0 Å². The summed E-state index contributed by atoms with van der Waals surface area (Å²) in [5.41, 5.74) is -0.419. The third-order valence-corrected chi connectivity index (χ3v) is 3.90. The molecule has 0 radical (unpaired) electrons. The largest absolute Gasteiger partial charge is 0.350 e. The van der Waals surface area contributed by atoms with Gasteiger partial charge in [-0.05, 0) is 55.4 Å². The van der Waals surface area contributed by atoms with E-state index in [9.17, 15) is 9.59 Å². The van der Waals surface area contributed by atoms with Gasteiger partial charge in [-0.15, -0.1) is 0 Å².